The fourth-order valence-electron chi connectivity index (χ4n) is 1.85. The predicted octanol–water partition coefficient (Wildman–Crippen LogP) is 1.78. The van der Waals surface area contributed by atoms with E-state index in [9.17, 15) is 4.79 Å². The summed E-state index contributed by atoms with van der Waals surface area (Å²) in [6, 6.07) is 7.31. The molecular formula is C13H16ClNO3. The van der Waals surface area contributed by atoms with Gasteiger partial charge >= 0.3 is 0 Å². The van der Waals surface area contributed by atoms with Crippen molar-refractivity contribution in [3.8, 4) is 5.75 Å². The summed E-state index contributed by atoms with van der Waals surface area (Å²) in [5.74, 6) is 1.13. The first-order chi connectivity index (χ1) is 8.83. The number of alkyl halides is 1. The Morgan fingerprint density at radius 2 is 2.17 bits per heavy atom. The zero-order valence-electron chi connectivity index (χ0n) is 10.1. The van der Waals surface area contributed by atoms with Crippen LogP contribution in [-0.4, -0.2) is 49.6 Å². The Hall–Kier alpha value is -1.26. The van der Waals surface area contributed by atoms with E-state index in [0.717, 1.165) is 0 Å². The van der Waals surface area contributed by atoms with Crippen LogP contribution in [0.1, 0.15) is 10.4 Å². The monoisotopic (exact) mass is 269 g/mol. The molecule has 0 aliphatic carbocycles. The van der Waals surface area contributed by atoms with E-state index in [4.69, 9.17) is 21.1 Å². The van der Waals surface area contributed by atoms with E-state index in [1.54, 1.807) is 11.0 Å². The largest absolute Gasteiger partial charge is 0.491 e. The standard InChI is InChI=1S/C13H16ClNO3/c14-5-8-17-9-6-15-7-10-18-12-4-2-1-3-11(12)13(15)16/h1-4H,5-10H2. The molecule has 98 valence electrons. The molecule has 1 aromatic rings. The molecule has 1 aliphatic heterocycles. The highest BCUT2D eigenvalue weighted by Gasteiger charge is 2.22. The third-order valence-corrected chi connectivity index (χ3v) is 2.90. The number of benzene rings is 1. The molecule has 0 radical (unpaired) electrons. The predicted molar refractivity (Wildman–Crippen MR) is 69.4 cm³/mol. The van der Waals surface area contributed by atoms with Crippen LogP contribution in [-0.2, 0) is 4.74 Å². The van der Waals surface area contributed by atoms with E-state index in [-0.39, 0.29) is 5.91 Å². The first-order valence-electron chi connectivity index (χ1n) is 5.97. The van der Waals surface area contributed by atoms with Crippen LogP contribution >= 0.6 is 11.6 Å². The van der Waals surface area contributed by atoms with Crippen LogP contribution in [0.5, 0.6) is 5.75 Å². The number of halogens is 1. The molecule has 1 amide bonds. The lowest BCUT2D eigenvalue weighted by Crippen LogP contribution is -2.35. The molecule has 1 heterocycles. The summed E-state index contributed by atoms with van der Waals surface area (Å²) >= 11 is 5.52. The highest BCUT2D eigenvalue weighted by molar-refractivity contribution is 6.17. The van der Waals surface area contributed by atoms with Crippen molar-refractivity contribution in [3.05, 3.63) is 29.8 Å². The molecule has 5 heteroatoms. The van der Waals surface area contributed by atoms with Gasteiger partial charge in [-0.3, -0.25) is 4.79 Å². The minimum absolute atomic E-state index is 0.00225. The van der Waals surface area contributed by atoms with Crippen molar-refractivity contribution in [1.29, 1.82) is 0 Å². The second-order valence-corrected chi connectivity index (χ2v) is 4.32. The maximum Gasteiger partial charge on any atom is 0.257 e. The summed E-state index contributed by atoms with van der Waals surface area (Å²) in [6.45, 7) is 2.67. The molecule has 0 atom stereocenters. The van der Waals surface area contributed by atoms with Crippen molar-refractivity contribution in [1.82, 2.24) is 4.90 Å². The third-order valence-electron chi connectivity index (χ3n) is 2.75. The minimum atomic E-state index is -0.00225. The minimum Gasteiger partial charge on any atom is -0.491 e. The number of nitrogens with zero attached hydrogens (tertiary/aromatic N) is 1. The number of rotatable bonds is 5. The summed E-state index contributed by atoms with van der Waals surface area (Å²) in [5.41, 5.74) is 0.618. The molecule has 0 aromatic heterocycles. The maximum absolute atomic E-state index is 12.3. The lowest BCUT2D eigenvalue weighted by Gasteiger charge is -2.19. The summed E-state index contributed by atoms with van der Waals surface area (Å²) in [5, 5.41) is 0. The topological polar surface area (TPSA) is 38.8 Å². The van der Waals surface area contributed by atoms with Gasteiger partial charge in [0.2, 0.25) is 0 Å². The van der Waals surface area contributed by atoms with Crippen LogP contribution in [0.25, 0.3) is 0 Å². The lowest BCUT2D eigenvalue weighted by atomic mass is 10.2. The number of hydrogen-bond acceptors (Lipinski definition) is 3. The summed E-state index contributed by atoms with van der Waals surface area (Å²) in [6.07, 6.45) is 0. The van der Waals surface area contributed by atoms with Gasteiger partial charge in [-0.25, -0.2) is 0 Å². The number of para-hydroxylation sites is 1. The van der Waals surface area contributed by atoms with Crippen molar-refractivity contribution in [2.24, 2.45) is 0 Å². The number of fused-ring (bicyclic) bond motifs is 1. The average molecular weight is 270 g/mol. The van der Waals surface area contributed by atoms with Crippen LogP contribution in [0, 0.1) is 0 Å². The molecule has 0 unspecified atom stereocenters. The SMILES string of the molecule is O=C1c2ccccc2OCCN1CCOCCCl. The lowest BCUT2D eigenvalue weighted by molar-refractivity contribution is 0.0656. The van der Waals surface area contributed by atoms with Crippen LogP contribution in [0.15, 0.2) is 24.3 Å². The average Bonchev–Trinajstić information content (AvgIpc) is 2.56. The number of ether oxygens (including phenoxy) is 2. The van der Waals surface area contributed by atoms with Crippen LogP contribution < -0.4 is 4.74 Å². The van der Waals surface area contributed by atoms with Gasteiger partial charge < -0.3 is 14.4 Å². The molecular weight excluding hydrogens is 254 g/mol. The molecule has 0 N–H and O–H groups in total. The van der Waals surface area contributed by atoms with Crippen molar-refractivity contribution < 1.29 is 14.3 Å². The van der Waals surface area contributed by atoms with Gasteiger partial charge in [-0.15, -0.1) is 11.6 Å². The zero-order chi connectivity index (χ0) is 12.8. The summed E-state index contributed by atoms with van der Waals surface area (Å²) < 4.78 is 10.8. The molecule has 1 aromatic carbocycles. The van der Waals surface area contributed by atoms with Crippen molar-refractivity contribution in [3.63, 3.8) is 0 Å². The van der Waals surface area contributed by atoms with Gasteiger partial charge in [0.15, 0.2) is 0 Å². The molecule has 2 rings (SSSR count). The van der Waals surface area contributed by atoms with E-state index >= 15 is 0 Å². The highest BCUT2D eigenvalue weighted by atomic mass is 35.5. The van der Waals surface area contributed by atoms with E-state index in [1.165, 1.54) is 0 Å². The maximum atomic E-state index is 12.3. The van der Waals surface area contributed by atoms with E-state index in [1.807, 2.05) is 18.2 Å². The Balaban J connectivity index is 1.99. The van der Waals surface area contributed by atoms with E-state index in [0.29, 0.717) is 50.1 Å². The van der Waals surface area contributed by atoms with Crippen molar-refractivity contribution in [2.75, 3.05) is 38.8 Å². The van der Waals surface area contributed by atoms with Crippen LogP contribution in [0.3, 0.4) is 0 Å². The van der Waals surface area contributed by atoms with Gasteiger partial charge in [-0.05, 0) is 12.1 Å². The Morgan fingerprint density at radius 3 is 3.00 bits per heavy atom. The number of hydrogen-bond donors (Lipinski definition) is 0. The molecule has 0 spiro atoms. The van der Waals surface area contributed by atoms with Crippen molar-refractivity contribution >= 4 is 17.5 Å². The van der Waals surface area contributed by atoms with Crippen LogP contribution in [0.2, 0.25) is 0 Å². The second-order valence-electron chi connectivity index (χ2n) is 3.94. The molecule has 1 aliphatic rings. The normalized spacial score (nSPS) is 14.9. The van der Waals surface area contributed by atoms with Gasteiger partial charge in [-0.1, -0.05) is 12.1 Å². The van der Waals surface area contributed by atoms with Gasteiger partial charge in [0.1, 0.15) is 12.4 Å². The fraction of sp³-hybridized carbons (Fsp3) is 0.462. The Morgan fingerprint density at radius 1 is 1.33 bits per heavy atom. The first kappa shape index (κ1) is 13.2. The van der Waals surface area contributed by atoms with E-state index < -0.39 is 0 Å². The molecule has 0 bridgehead atoms. The number of carbonyl (C=O) groups excluding carboxylic acids is 1. The first-order valence-corrected chi connectivity index (χ1v) is 6.51. The zero-order valence-corrected chi connectivity index (χ0v) is 10.9. The van der Waals surface area contributed by atoms with Gasteiger partial charge in [-0.2, -0.15) is 0 Å². The molecule has 0 fully saturated rings. The smallest absolute Gasteiger partial charge is 0.257 e. The van der Waals surface area contributed by atoms with Crippen molar-refractivity contribution in [2.45, 2.75) is 0 Å². The fourth-order valence-corrected chi connectivity index (χ4v) is 1.96. The number of amides is 1. The quantitative estimate of drug-likeness (QED) is 0.604. The van der Waals surface area contributed by atoms with Gasteiger partial charge in [0.05, 0.1) is 25.3 Å². The number of carbonyl (C=O) groups is 1. The molecule has 18 heavy (non-hydrogen) atoms. The third kappa shape index (κ3) is 3.15. The molecule has 4 nitrogen and oxygen atoms in total. The second kappa shape index (κ2) is 6.61. The van der Waals surface area contributed by atoms with Crippen LogP contribution in [0.4, 0.5) is 0 Å². The highest BCUT2D eigenvalue weighted by Crippen LogP contribution is 2.22. The van der Waals surface area contributed by atoms with Gasteiger partial charge in [0, 0.05) is 12.4 Å². The van der Waals surface area contributed by atoms with Gasteiger partial charge in [0.25, 0.3) is 5.91 Å². The Labute approximate surface area is 111 Å². The summed E-state index contributed by atoms with van der Waals surface area (Å²) in [7, 11) is 0. The Kier molecular flexibility index (Phi) is 4.84. The molecule has 0 saturated carbocycles. The Bertz CT molecular complexity index is 411. The summed E-state index contributed by atoms with van der Waals surface area (Å²) in [4.78, 5) is 14.0. The van der Waals surface area contributed by atoms with E-state index in [2.05, 4.69) is 0 Å². The molecule has 0 saturated heterocycles.